The summed E-state index contributed by atoms with van der Waals surface area (Å²) in [5.74, 6) is 1.06. The number of hydrogen-bond acceptors (Lipinski definition) is 3. The van der Waals surface area contributed by atoms with Crippen LogP contribution in [0.15, 0.2) is 60.8 Å². The molecule has 2 amide bonds. The number of nitrogens with one attached hydrogen (secondary N) is 1. The molecule has 0 atom stereocenters. The lowest BCUT2D eigenvalue weighted by Crippen LogP contribution is -2.52. The van der Waals surface area contributed by atoms with Crippen molar-refractivity contribution in [2.45, 2.75) is 19.3 Å². The highest BCUT2D eigenvalue weighted by Gasteiger charge is 2.31. The molecular formula is C19H23N3O3. The minimum absolute atomic E-state index is 0.00138. The SMILES string of the molecule is C=C/C(=C\C=C1/CCCC(=O)N1)OCC1CN(C(=O)n2cccc2)C1. The van der Waals surface area contributed by atoms with Crippen LogP contribution in [0.1, 0.15) is 19.3 Å². The van der Waals surface area contributed by atoms with Crippen LogP contribution in [0.2, 0.25) is 0 Å². The van der Waals surface area contributed by atoms with Crippen molar-refractivity contribution >= 4 is 11.9 Å². The van der Waals surface area contributed by atoms with Gasteiger partial charge in [0.2, 0.25) is 5.91 Å². The number of carbonyl (C=O) groups excluding carboxylic acids is 2. The van der Waals surface area contributed by atoms with Gasteiger partial charge in [0, 0.05) is 43.5 Å². The minimum Gasteiger partial charge on any atom is -0.493 e. The highest BCUT2D eigenvalue weighted by atomic mass is 16.5. The number of nitrogens with zero attached hydrogens (tertiary/aromatic N) is 2. The molecule has 132 valence electrons. The Morgan fingerprint density at radius 1 is 1.32 bits per heavy atom. The van der Waals surface area contributed by atoms with Gasteiger partial charge in [-0.05, 0) is 43.2 Å². The average Bonchev–Trinajstić information content (AvgIpc) is 3.10. The van der Waals surface area contributed by atoms with Crippen LogP contribution in [0.3, 0.4) is 0 Å². The van der Waals surface area contributed by atoms with E-state index >= 15 is 0 Å². The molecule has 2 aliphatic rings. The van der Waals surface area contributed by atoms with Gasteiger partial charge < -0.3 is 15.0 Å². The van der Waals surface area contributed by atoms with Crippen LogP contribution in [0.25, 0.3) is 0 Å². The summed E-state index contributed by atoms with van der Waals surface area (Å²) < 4.78 is 7.35. The molecule has 1 aromatic heterocycles. The summed E-state index contributed by atoms with van der Waals surface area (Å²) in [4.78, 5) is 25.3. The fourth-order valence-corrected chi connectivity index (χ4v) is 2.90. The number of ether oxygens (including phenoxy) is 1. The Kier molecular flexibility index (Phi) is 5.38. The number of amides is 2. The third-order valence-corrected chi connectivity index (χ3v) is 4.34. The molecule has 0 aliphatic carbocycles. The summed E-state index contributed by atoms with van der Waals surface area (Å²) in [6, 6.07) is 3.67. The van der Waals surface area contributed by atoms with Gasteiger partial charge in [0.05, 0.1) is 6.61 Å². The van der Waals surface area contributed by atoms with Gasteiger partial charge in [-0.15, -0.1) is 0 Å². The second-order valence-corrected chi connectivity index (χ2v) is 6.32. The van der Waals surface area contributed by atoms with E-state index in [1.165, 1.54) is 0 Å². The number of allylic oxidation sites excluding steroid dienone is 4. The predicted molar refractivity (Wildman–Crippen MR) is 94.6 cm³/mol. The Labute approximate surface area is 147 Å². The molecule has 0 saturated carbocycles. The van der Waals surface area contributed by atoms with Crippen LogP contribution in [0.4, 0.5) is 4.79 Å². The summed E-state index contributed by atoms with van der Waals surface area (Å²) in [5, 5.41) is 2.86. The number of aromatic nitrogens is 1. The fraction of sp³-hybridized carbons (Fsp3) is 0.368. The van der Waals surface area contributed by atoms with Crippen LogP contribution in [0, 0.1) is 5.92 Å². The maximum atomic E-state index is 12.1. The molecule has 0 radical (unpaired) electrons. The molecular weight excluding hydrogens is 318 g/mol. The molecule has 1 aromatic rings. The first kappa shape index (κ1) is 17.1. The maximum absolute atomic E-state index is 12.1. The van der Waals surface area contributed by atoms with E-state index in [2.05, 4.69) is 11.9 Å². The van der Waals surface area contributed by atoms with Crippen molar-refractivity contribution in [2.75, 3.05) is 19.7 Å². The Hall–Kier alpha value is -2.76. The zero-order valence-corrected chi connectivity index (χ0v) is 14.2. The van der Waals surface area contributed by atoms with Crippen LogP contribution in [-0.2, 0) is 9.53 Å². The van der Waals surface area contributed by atoms with Gasteiger partial charge in [0.15, 0.2) is 0 Å². The molecule has 2 fully saturated rings. The number of carbonyl (C=O) groups is 2. The lowest BCUT2D eigenvalue weighted by molar-refractivity contribution is -0.121. The largest absolute Gasteiger partial charge is 0.493 e. The van der Waals surface area contributed by atoms with Crippen LogP contribution < -0.4 is 5.32 Å². The molecule has 6 heteroatoms. The summed E-state index contributed by atoms with van der Waals surface area (Å²) in [5.41, 5.74) is 0.909. The second-order valence-electron chi connectivity index (χ2n) is 6.32. The molecule has 0 spiro atoms. The van der Waals surface area contributed by atoms with Crippen molar-refractivity contribution in [3.8, 4) is 0 Å². The predicted octanol–water partition coefficient (Wildman–Crippen LogP) is 2.66. The first-order chi connectivity index (χ1) is 12.2. The van der Waals surface area contributed by atoms with E-state index in [1.807, 2.05) is 24.3 Å². The van der Waals surface area contributed by atoms with Crippen molar-refractivity contribution in [1.82, 2.24) is 14.8 Å². The molecule has 0 aromatic carbocycles. The third-order valence-electron chi connectivity index (χ3n) is 4.34. The maximum Gasteiger partial charge on any atom is 0.328 e. The van der Waals surface area contributed by atoms with Gasteiger partial charge in [-0.2, -0.15) is 0 Å². The number of piperidine rings is 1. The van der Waals surface area contributed by atoms with Gasteiger partial charge in [-0.3, -0.25) is 9.36 Å². The van der Waals surface area contributed by atoms with Gasteiger partial charge in [-0.25, -0.2) is 4.79 Å². The van der Waals surface area contributed by atoms with E-state index in [9.17, 15) is 9.59 Å². The highest BCUT2D eigenvalue weighted by molar-refractivity contribution is 5.79. The van der Waals surface area contributed by atoms with Crippen molar-refractivity contribution < 1.29 is 14.3 Å². The fourth-order valence-electron chi connectivity index (χ4n) is 2.90. The third kappa shape index (κ3) is 4.41. The smallest absolute Gasteiger partial charge is 0.328 e. The molecule has 1 N–H and O–H groups in total. The van der Waals surface area contributed by atoms with Crippen molar-refractivity contribution in [3.05, 3.63) is 60.8 Å². The van der Waals surface area contributed by atoms with Crippen molar-refractivity contribution in [1.29, 1.82) is 0 Å². The normalized spacial score (nSPS) is 20.2. The number of hydrogen-bond donors (Lipinski definition) is 1. The van der Waals surface area contributed by atoms with E-state index in [1.54, 1.807) is 27.9 Å². The first-order valence-corrected chi connectivity index (χ1v) is 8.54. The average molecular weight is 341 g/mol. The van der Waals surface area contributed by atoms with Crippen LogP contribution >= 0.6 is 0 Å². The zero-order valence-electron chi connectivity index (χ0n) is 14.2. The Morgan fingerprint density at radius 3 is 2.76 bits per heavy atom. The molecule has 0 bridgehead atoms. The van der Waals surface area contributed by atoms with Gasteiger partial charge in [0.1, 0.15) is 5.76 Å². The van der Waals surface area contributed by atoms with Gasteiger partial charge in [0.25, 0.3) is 0 Å². The quantitative estimate of drug-likeness (QED) is 0.661. The summed E-state index contributed by atoms with van der Waals surface area (Å²) in [6.45, 7) is 5.69. The standard InChI is InChI=1S/C19H23N3O3/c1-2-17(9-8-16-6-5-7-18(23)20-16)25-14-15-12-22(13-15)19(24)21-10-3-4-11-21/h2-4,8-11,15H,1,5-7,12-14H2,(H,20,23)/b16-8+,17-9+. The second kappa shape index (κ2) is 7.88. The van der Waals surface area contributed by atoms with Gasteiger partial charge >= 0.3 is 6.03 Å². The molecule has 25 heavy (non-hydrogen) atoms. The summed E-state index contributed by atoms with van der Waals surface area (Å²) in [7, 11) is 0. The minimum atomic E-state index is -0.00138. The topological polar surface area (TPSA) is 63.6 Å². The molecule has 0 unspecified atom stereocenters. The molecule has 2 aliphatic heterocycles. The van der Waals surface area contributed by atoms with Crippen LogP contribution in [0.5, 0.6) is 0 Å². The van der Waals surface area contributed by atoms with E-state index in [-0.39, 0.29) is 11.9 Å². The van der Waals surface area contributed by atoms with Crippen molar-refractivity contribution in [2.24, 2.45) is 5.92 Å². The summed E-state index contributed by atoms with van der Waals surface area (Å²) in [6.07, 6.45) is 11.2. The Balaban J connectivity index is 1.44. The van der Waals surface area contributed by atoms with E-state index in [4.69, 9.17) is 4.74 Å². The van der Waals surface area contributed by atoms with E-state index < -0.39 is 0 Å². The molecule has 6 nitrogen and oxygen atoms in total. The first-order valence-electron chi connectivity index (χ1n) is 8.54. The summed E-state index contributed by atoms with van der Waals surface area (Å²) >= 11 is 0. The Morgan fingerprint density at radius 2 is 2.08 bits per heavy atom. The molecule has 3 heterocycles. The van der Waals surface area contributed by atoms with E-state index in [0.717, 1.165) is 18.5 Å². The monoisotopic (exact) mass is 341 g/mol. The van der Waals surface area contributed by atoms with Gasteiger partial charge in [-0.1, -0.05) is 6.58 Å². The molecule has 2 saturated heterocycles. The molecule has 3 rings (SSSR count). The highest BCUT2D eigenvalue weighted by Crippen LogP contribution is 2.19. The van der Waals surface area contributed by atoms with Crippen LogP contribution in [-0.4, -0.2) is 41.1 Å². The van der Waals surface area contributed by atoms with E-state index in [0.29, 0.717) is 37.8 Å². The zero-order chi connectivity index (χ0) is 17.6. The van der Waals surface area contributed by atoms with Crippen molar-refractivity contribution in [3.63, 3.8) is 0 Å². The number of rotatable bonds is 5. The lowest BCUT2D eigenvalue weighted by Gasteiger charge is -2.38. The lowest BCUT2D eigenvalue weighted by atomic mass is 10.0. The number of likely N-dealkylation sites (tertiary alicyclic amines) is 1. The Bertz CT molecular complexity index is 698.